The number of carbonyl (C=O) groups excluding carboxylic acids is 2. The van der Waals surface area contributed by atoms with Gasteiger partial charge in [0.25, 0.3) is 0 Å². The molecule has 0 aromatic heterocycles. The molecule has 0 radical (unpaired) electrons. The molecule has 0 saturated heterocycles. The van der Waals surface area contributed by atoms with Gasteiger partial charge < -0.3 is 19.7 Å². The summed E-state index contributed by atoms with van der Waals surface area (Å²) in [7, 11) is 0. The number of carbonyl (C=O) groups is 2. The van der Waals surface area contributed by atoms with E-state index in [0.717, 1.165) is 76.4 Å². The summed E-state index contributed by atoms with van der Waals surface area (Å²) >= 11 is 0. The van der Waals surface area contributed by atoms with Crippen LogP contribution < -0.4 is 0 Å². The highest BCUT2D eigenvalue weighted by atomic mass is 16.7. The van der Waals surface area contributed by atoms with Crippen molar-refractivity contribution in [2.45, 2.75) is 102 Å². The summed E-state index contributed by atoms with van der Waals surface area (Å²) in [5, 5.41) is 21.5. The molecule has 2 aliphatic rings. The molecule has 2 N–H and O–H groups in total. The first-order valence-electron chi connectivity index (χ1n) is 10.9. The first-order chi connectivity index (χ1) is 13.3. The molecular formula is C22H36O6. The molecule has 0 aliphatic heterocycles. The Morgan fingerprint density at radius 2 is 1.07 bits per heavy atom. The van der Waals surface area contributed by atoms with Crippen LogP contribution >= 0.6 is 0 Å². The fraction of sp³-hybridized carbons (Fsp3) is 0.818. The van der Waals surface area contributed by atoms with Gasteiger partial charge in [-0.25, -0.2) is 9.59 Å². The second kappa shape index (κ2) is 10.4. The lowest BCUT2D eigenvalue weighted by Crippen LogP contribution is -2.43. The smallest absolute Gasteiger partial charge is 0.333 e. The van der Waals surface area contributed by atoms with E-state index < -0.39 is 23.5 Å². The molecule has 2 atom stereocenters. The van der Waals surface area contributed by atoms with Crippen LogP contribution in [0.1, 0.15) is 90.9 Å². The molecule has 2 rings (SSSR count). The van der Waals surface area contributed by atoms with Gasteiger partial charge in [0.05, 0.1) is 0 Å². The van der Waals surface area contributed by atoms with Crippen LogP contribution in [0.2, 0.25) is 0 Å². The lowest BCUT2D eigenvalue weighted by Gasteiger charge is -2.37. The van der Waals surface area contributed by atoms with Crippen molar-refractivity contribution in [1.29, 1.82) is 0 Å². The zero-order valence-electron chi connectivity index (χ0n) is 17.3. The maximum atomic E-state index is 12.2. The van der Waals surface area contributed by atoms with Gasteiger partial charge in [-0.1, -0.05) is 52.4 Å². The van der Waals surface area contributed by atoms with Gasteiger partial charge in [0, 0.05) is 36.8 Å². The van der Waals surface area contributed by atoms with E-state index in [1.807, 2.05) is 0 Å². The van der Waals surface area contributed by atoms with Crippen LogP contribution in [0.5, 0.6) is 0 Å². The van der Waals surface area contributed by atoms with E-state index in [2.05, 4.69) is 0 Å². The second-order valence-electron chi connectivity index (χ2n) is 8.24. The molecule has 2 aliphatic carbocycles. The van der Waals surface area contributed by atoms with Crippen LogP contribution in [0.15, 0.2) is 12.2 Å². The van der Waals surface area contributed by atoms with Crippen molar-refractivity contribution < 1.29 is 29.3 Å². The second-order valence-corrected chi connectivity index (χ2v) is 8.24. The minimum absolute atomic E-state index is 0.0768. The van der Waals surface area contributed by atoms with E-state index in [0.29, 0.717) is 12.8 Å². The lowest BCUT2D eigenvalue weighted by atomic mass is 9.82. The highest BCUT2D eigenvalue weighted by molar-refractivity contribution is 5.91. The molecule has 2 fully saturated rings. The van der Waals surface area contributed by atoms with E-state index in [-0.39, 0.29) is 11.8 Å². The van der Waals surface area contributed by atoms with Gasteiger partial charge in [-0.15, -0.1) is 0 Å². The number of aliphatic hydroxyl groups is 2. The molecule has 6 nitrogen and oxygen atoms in total. The Morgan fingerprint density at radius 3 is 1.36 bits per heavy atom. The topological polar surface area (TPSA) is 93.1 Å². The molecule has 2 saturated carbocycles. The third kappa shape index (κ3) is 6.05. The van der Waals surface area contributed by atoms with Crippen LogP contribution in [-0.4, -0.2) is 33.7 Å². The van der Waals surface area contributed by atoms with Crippen LogP contribution in [-0.2, 0) is 19.1 Å². The van der Waals surface area contributed by atoms with Crippen molar-refractivity contribution in [3.05, 3.63) is 12.2 Å². The number of hydrogen-bond acceptors (Lipinski definition) is 6. The Balaban J connectivity index is 1.91. The van der Waals surface area contributed by atoms with E-state index in [9.17, 15) is 19.8 Å². The predicted octanol–water partition coefficient (Wildman–Crippen LogP) is 3.99. The van der Waals surface area contributed by atoms with Gasteiger partial charge >= 0.3 is 11.9 Å². The first kappa shape index (κ1) is 22.9. The minimum Gasteiger partial charge on any atom is -0.430 e. The van der Waals surface area contributed by atoms with E-state index in [4.69, 9.17) is 9.47 Å². The minimum atomic E-state index is -1.50. The zero-order chi connectivity index (χ0) is 20.6. The third-order valence-electron chi connectivity index (χ3n) is 6.41. The van der Waals surface area contributed by atoms with Gasteiger partial charge in [0.15, 0.2) is 0 Å². The van der Waals surface area contributed by atoms with Crippen molar-refractivity contribution in [2.24, 2.45) is 11.8 Å². The molecule has 0 heterocycles. The van der Waals surface area contributed by atoms with Gasteiger partial charge in [-0.05, 0) is 25.7 Å². The van der Waals surface area contributed by atoms with E-state index >= 15 is 0 Å². The number of hydrogen-bond donors (Lipinski definition) is 2. The third-order valence-corrected chi connectivity index (χ3v) is 6.41. The van der Waals surface area contributed by atoms with Crippen molar-refractivity contribution >= 4 is 11.9 Å². The van der Waals surface area contributed by atoms with E-state index in [1.54, 1.807) is 13.8 Å². The van der Waals surface area contributed by atoms with Gasteiger partial charge in [-0.3, -0.25) is 0 Å². The largest absolute Gasteiger partial charge is 0.430 e. The summed E-state index contributed by atoms with van der Waals surface area (Å²) < 4.78 is 10.6. The molecule has 0 bridgehead atoms. The molecule has 160 valence electrons. The maximum Gasteiger partial charge on any atom is 0.333 e. The van der Waals surface area contributed by atoms with Crippen molar-refractivity contribution in [1.82, 2.24) is 0 Å². The highest BCUT2D eigenvalue weighted by Gasteiger charge is 2.40. The maximum absolute atomic E-state index is 12.2. The summed E-state index contributed by atoms with van der Waals surface area (Å²) in [6.07, 6.45) is 12.2. The van der Waals surface area contributed by atoms with Crippen LogP contribution in [0.3, 0.4) is 0 Å². The Labute approximate surface area is 168 Å². The Kier molecular flexibility index (Phi) is 8.50. The molecule has 0 aromatic rings. The molecule has 28 heavy (non-hydrogen) atoms. The lowest BCUT2D eigenvalue weighted by molar-refractivity contribution is -0.235. The predicted molar refractivity (Wildman–Crippen MR) is 105 cm³/mol. The zero-order valence-corrected chi connectivity index (χ0v) is 17.3. The number of esters is 2. The summed E-state index contributed by atoms with van der Waals surface area (Å²) in [5.41, 5.74) is 0. The normalized spacial score (nSPS) is 23.7. The van der Waals surface area contributed by atoms with Gasteiger partial charge in [-0.2, -0.15) is 0 Å². The molecule has 0 spiro atoms. The summed E-state index contributed by atoms with van der Waals surface area (Å²) in [6.45, 7) is 3.57. The summed E-state index contributed by atoms with van der Waals surface area (Å²) in [6, 6.07) is 0. The summed E-state index contributed by atoms with van der Waals surface area (Å²) in [4.78, 5) is 24.3. The average Bonchev–Trinajstić information content (AvgIpc) is 2.73. The molecule has 0 amide bonds. The SMILES string of the molecule is CCC(O)(OC(=O)/C=C\C(=O)OC(O)(CC)C1CCCCC1)C1CCCCC1. The standard InChI is InChI=1S/C22H36O6/c1-3-21(25,17-11-7-5-8-12-17)27-19(23)15-16-20(24)28-22(26,4-2)18-13-9-6-10-14-18/h15-18,25-26H,3-14H2,1-2H3/b16-15-. The summed E-state index contributed by atoms with van der Waals surface area (Å²) in [5.74, 6) is -4.70. The van der Waals surface area contributed by atoms with Crippen molar-refractivity contribution in [3.8, 4) is 0 Å². The number of rotatable bonds is 8. The monoisotopic (exact) mass is 396 g/mol. The number of ether oxygens (including phenoxy) is 2. The fourth-order valence-electron chi connectivity index (χ4n) is 4.55. The van der Waals surface area contributed by atoms with E-state index in [1.165, 1.54) is 0 Å². The molecular weight excluding hydrogens is 360 g/mol. The first-order valence-corrected chi connectivity index (χ1v) is 10.9. The Hall–Kier alpha value is -1.40. The van der Waals surface area contributed by atoms with Gasteiger partial charge in [0.2, 0.25) is 11.6 Å². The van der Waals surface area contributed by atoms with Crippen LogP contribution in [0, 0.1) is 11.8 Å². The molecule has 0 aromatic carbocycles. The highest BCUT2D eigenvalue weighted by Crippen LogP contribution is 2.37. The average molecular weight is 397 g/mol. The Bertz CT molecular complexity index is 499. The molecule has 6 heteroatoms. The van der Waals surface area contributed by atoms with Crippen LogP contribution in [0.25, 0.3) is 0 Å². The van der Waals surface area contributed by atoms with Crippen molar-refractivity contribution in [3.63, 3.8) is 0 Å². The van der Waals surface area contributed by atoms with Crippen molar-refractivity contribution in [2.75, 3.05) is 0 Å². The fourth-order valence-corrected chi connectivity index (χ4v) is 4.55. The Morgan fingerprint density at radius 1 is 0.750 bits per heavy atom. The quantitative estimate of drug-likeness (QED) is 0.366. The molecule has 2 unspecified atom stereocenters. The van der Waals surface area contributed by atoms with Gasteiger partial charge in [0.1, 0.15) is 0 Å². The van der Waals surface area contributed by atoms with Crippen LogP contribution in [0.4, 0.5) is 0 Å².